The quantitative estimate of drug-likeness (QED) is 0.747. The van der Waals surface area contributed by atoms with Crippen LogP contribution in [0.1, 0.15) is 18.6 Å². The second-order valence-electron chi connectivity index (χ2n) is 3.62. The highest BCUT2D eigenvalue weighted by Crippen LogP contribution is 2.32. The minimum Gasteiger partial charge on any atom is -0.469 e. The van der Waals surface area contributed by atoms with E-state index in [1.807, 2.05) is 12.1 Å². The number of hydrogen-bond acceptors (Lipinski definition) is 3. The van der Waals surface area contributed by atoms with Crippen molar-refractivity contribution in [1.29, 1.82) is 0 Å². The van der Waals surface area contributed by atoms with Crippen molar-refractivity contribution < 1.29 is 9.15 Å². The van der Waals surface area contributed by atoms with Gasteiger partial charge in [-0.05, 0) is 25.0 Å². The highest BCUT2D eigenvalue weighted by molar-refractivity contribution is 5.15. The first kappa shape index (κ1) is 8.78. The van der Waals surface area contributed by atoms with Crippen molar-refractivity contribution >= 4 is 0 Å². The summed E-state index contributed by atoms with van der Waals surface area (Å²) in [5, 5.41) is 0. The summed E-state index contributed by atoms with van der Waals surface area (Å²) in [6.07, 6.45) is 3.83. The van der Waals surface area contributed by atoms with Crippen molar-refractivity contribution in [3.8, 4) is 0 Å². The minimum atomic E-state index is -0.0677. The number of furan rings is 1. The average Bonchev–Trinajstić information content (AvgIpc) is 2.72. The average molecular weight is 181 g/mol. The second-order valence-corrected chi connectivity index (χ2v) is 3.62. The molecule has 3 nitrogen and oxygen atoms in total. The van der Waals surface area contributed by atoms with Gasteiger partial charge in [0.2, 0.25) is 0 Å². The zero-order valence-corrected chi connectivity index (χ0v) is 7.66. The molecule has 1 fully saturated rings. The fraction of sp³-hybridized carbons (Fsp3) is 0.600. The number of ether oxygens (including phenoxy) is 1. The number of hydrogen-bond donors (Lipinski definition) is 1. The summed E-state index contributed by atoms with van der Waals surface area (Å²) in [4.78, 5) is 0. The van der Waals surface area contributed by atoms with Gasteiger partial charge in [-0.1, -0.05) is 0 Å². The summed E-state index contributed by atoms with van der Waals surface area (Å²) in [6, 6.07) is 3.89. The molecule has 0 spiro atoms. The van der Waals surface area contributed by atoms with Crippen LogP contribution in [0, 0.1) is 0 Å². The lowest BCUT2D eigenvalue weighted by Gasteiger charge is -2.33. The van der Waals surface area contributed by atoms with E-state index in [4.69, 9.17) is 14.9 Å². The standard InChI is InChI=1S/C10H15NO2/c11-7-10(4-2-5-12-8-10)9-3-1-6-13-9/h1,3,6H,2,4-5,7-8,11H2. The Hall–Kier alpha value is -0.800. The summed E-state index contributed by atoms with van der Waals surface area (Å²) < 4.78 is 10.9. The Morgan fingerprint density at radius 1 is 1.54 bits per heavy atom. The maximum Gasteiger partial charge on any atom is 0.113 e. The normalized spacial score (nSPS) is 29.0. The van der Waals surface area contributed by atoms with E-state index >= 15 is 0 Å². The molecule has 2 N–H and O–H groups in total. The first-order chi connectivity index (χ1) is 6.37. The summed E-state index contributed by atoms with van der Waals surface area (Å²) >= 11 is 0. The van der Waals surface area contributed by atoms with Gasteiger partial charge in [0, 0.05) is 13.2 Å². The molecular weight excluding hydrogens is 166 g/mol. The maximum atomic E-state index is 5.79. The van der Waals surface area contributed by atoms with E-state index in [9.17, 15) is 0 Å². The summed E-state index contributed by atoms with van der Waals surface area (Å²) in [5.41, 5.74) is 5.72. The maximum absolute atomic E-state index is 5.79. The zero-order chi connectivity index (χ0) is 9.15. The number of rotatable bonds is 2. The third-order valence-electron chi connectivity index (χ3n) is 2.76. The van der Waals surface area contributed by atoms with Crippen molar-refractivity contribution in [2.75, 3.05) is 19.8 Å². The van der Waals surface area contributed by atoms with Gasteiger partial charge in [-0.3, -0.25) is 0 Å². The first-order valence-electron chi connectivity index (χ1n) is 4.69. The monoisotopic (exact) mass is 181 g/mol. The molecule has 2 rings (SSSR count). The molecule has 0 radical (unpaired) electrons. The van der Waals surface area contributed by atoms with Gasteiger partial charge in [0.25, 0.3) is 0 Å². The lowest BCUT2D eigenvalue weighted by molar-refractivity contribution is 0.0286. The Morgan fingerprint density at radius 2 is 2.46 bits per heavy atom. The molecule has 0 saturated carbocycles. The molecule has 72 valence electrons. The van der Waals surface area contributed by atoms with Crippen LogP contribution < -0.4 is 5.73 Å². The van der Waals surface area contributed by atoms with E-state index in [-0.39, 0.29) is 5.41 Å². The van der Waals surface area contributed by atoms with Gasteiger partial charge in [0.05, 0.1) is 18.3 Å². The molecule has 2 heterocycles. The smallest absolute Gasteiger partial charge is 0.113 e. The molecule has 1 aromatic heterocycles. The van der Waals surface area contributed by atoms with Crippen LogP contribution in [0.2, 0.25) is 0 Å². The zero-order valence-electron chi connectivity index (χ0n) is 7.66. The largest absolute Gasteiger partial charge is 0.469 e. The van der Waals surface area contributed by atoms with Crippen LogP contribution in [-0.4, -0.2) is 19.8 Å². The van der Waals surface area contributed by atoms with Crippen LogP contribution in [0.25, 0.3) is 0 Å². The van der Waals surface area contributed by atoms with Crippen LogP contribution in [0.5, 0.6) is 0 Å². The Balaban J connectivity index is 2.23. The van der Waals surface area contributed by atoms with Crippen LogP contribution >= 0.6 is 0 Å². The van der Waals surface area contributed by atoms with Crippen LogP contribution in [0.3, 0.4) is 0 Å². The fourth-order valence-corrected chi connectivity index (χ4v) is 1.89. The van der Waals surface area contributed by atoms with Gasteiger partial charge in [0.1, 0.15) is 5.76 Å². The van der Waals surface area contributed by atoms with Crippen molar-refractivity contribution in [3.05, 3.63) is 24.2 Å². The molecule has 3 heteroatoms. The third-order valence-corrected chi connectivity index (χ3v) is 2.76. The second kappa shape index (κ2) is 3.52. The third kappa shape index (κ3) is 1.49. The topological polar surface area (TPSA) is 48.4 Å². The Morgan fingerprint density at radius 3 is 3.00 bits per heavy atom. The van der Waals surface area contributed by atoms with Gasteiger partial charge in [0.15, 0.2) is 0 Å². The van der Waals surface area contributed by atoms with Crippen LogP contribution in [0.15, 0.2) is 22.8 Å². The predicted molar refractivity (Wildman–Crippen MR) is 49.5 cm³/mol. The SMILES string of the molecule is NCC1(c2ccco2)CCCOC1. The van der Waals surface area contributed by atoms with Crippen molar-refractivity contribution in [2.24, 2.45) is 5.73 Å². The molecule has 1 unspecified atom stereocenters. The van der Waals surface area contributed by atoms with Gasteiger partial charge >= 0.3 is 0 Å². The van der Waals surface area contributed by atoms with Gasteiger partial charge in [-0.2, -0.15) is 0 Å². The summed E-state index contributed by atoms with van der Waals surface area (Å²) in [5.74, 6) is 0.967. The molecule has 1 atom stereocenters. The molecule has 0 aromatic carbocycles. The molecule has 1 aliphatic rings. The Labute approximate surface area is 77.9 Å². The molecular formula is C10H15NO2. The van der Waals surface area contributed by atoms with E-state index in [1.54, 1.807) is 6.26 Å². The van der Waals surface area contributed by atoms with Crippen molar-refractivity contribution in [2.45, 2.75) is 18.3 Å². The number of nitrogens with two attached hydrogens (primary N) is 1. The molecule has 0 aliphatic carbocycles. The lowest BCUT2D eigenvalue weighted by atomic mass is 9.80. The van der Waals surface area contributed by atoms with Gasteiger partial charge < -0.3 is 14.9 Å². The fourth-order valence-electron chi connectivity index (χ4n) is 1.89. The van der Waals surface area contributed by atoms with Crippen molar-refractivity contribution in [1.82, 2.24) is 0 Å². The van der Waals surface area contributed by atoms with E-state index < -0.39 is 0 Å². The van der Waals surface area contributed by atoms with E-state index in [0.717, 1.165) is 25.2 Å². The Bertz CT molecular complexity index is 250. The van der Waals surface area contributed by atoms with Crippen molar-refractivity contribution in [3.63, 3.8) is 0 Å². The van der Waals surface area contributed by atoms with E-state index in [0.29, 0.717) is 13.2 Å². The molecule has 1 saturated heterocycles. The highest BCUT2D eigenvalue weighted by Gasteiger charge is 2.35. The predicted octanol–water partition coefficient (Wildman–Crippen LogP) is 1.29. The van der Waals surface area contributed by atoms with Gasteiger partial charge in [-0.25, -0.2) is 0 Å². The molecule has 0 bridgehead atoms. The summed E-state index contributed by atoms with van der Waals surface area (Å²) in [6.45, 7) is 2.14. The van der Waals surface area contributed by atoms with Crippen LogP contribution in [-0.2, 0) is 10.2 Å². The Kier molecular flexibility index (Phi) is 2.38. The van der Waals surface area contributed by atoms with Crippen LogP contribution in [0.4, 0.5) is 0 Å². The molecule has 1 aliphatic heterocycles. The minimum absolute atomic E-state index is 0.0677. The molecule has 13 heavy (non-hydrogen) atoms. The van der Waals surface area contributed by atoms with Gasteiger partial charge in [-0.15, -0.1) is 0 Å². The molecule has 0 amide bonds. The molecule has 1 aromatic rings. The highest BCUT2D eigenvalue weighted by atomic mass is 16.5. The van der Waals surface area contributed by atoms with E-state index in [2.05, 4.69) is 0 Å². The van der Waals surface area contributed by atoms with E-state index in [1.165, 1.54) is 0 Å². The lowest BCUT2D eigenvalue weighted by Crippen LogP contribution is -2.42. The first-order valence-corrected chi connectivity index (χ1v) is 4.69. The summed E-state index contributed by atoms with van der Waals surface area (Å²) in [7, 11) is 0.